The highest BCUT2D eigenvalue weighted by Crippen LogP contribution is 2.40. The minimum absolute atomic E-state index is 0.348. The predicted molar refractivity (Wildman–Crippen MR) is 108 cm³/mol. The Kier molecular flexibility index (Phi) is 4.65. The van der Waals surface area contributed by atoms with Gasteiger partial charge in [-0.1, -0.05) is 36.6 Å². The number of aromatic nitrogens is 2. The van der Waals surface area contributed by atoms with Gasteiger partial charge in [-0.05, 0) is 49.4 Å². The van der Waals surface area contributed by atoms with Crippen LogP contribution < -0.4 is 4.90 Å². The number of anilines is 1. The van der Waals surface area contributed by atoms with Crippen molar-refractivity contribution in [2.45, 2.75) is 39.5 Å². The van der Waals surface area contributed by atoms with E-state index in [1.807, 2.05) is 0 Å². The average Bonchev–Trinajstić information content (AvgIpc) is 2.81. The van der Waals surface area contributed by atoms with Crippen molar-refractivity contribution in [2.75, 3.05) is 18.0 Å². The molecule has 3 aromatic rings. The summed E-state index contributed by atoms with van der Waals surface area (Å²) in [7, 11) is 0. The van der Waals surface area contributed by atoms with E-state index in [2.05, 4.69) is 52.3 Å². The van der Waals surface area contributed by atoms with Crippen molar-refractivity contribution in [1.82, 2.24) is 9.97 Å². The summed E-state index contributed by atoms with van der Waals surface area (Å²) in [5.41, 5.74) is 5.07. The molecule has 0 N–H and O–H groups in total. The van der Waals surface area contributed by atoms with Gasteiger partial charge in [-0.15, -0.1) is 11.3 Å². The molecule has 3 heterocycles. The first-order chi connectivity index (χ1) is 12.1. The monoisotopic (exact) mass is 371 g/mol. The average molecular weight is 372 g/mol. The van der Waals surface area contributed by atoms with Crippen LogP contribution >= 0.6 is 22.9 Å². The van der Waals surface area contributed by atoms with Crippen molar-refractivity contribution >= 4 is 39.0 Å². The molecule has 1 aromatic carbocycles. The van der Waals surface area contributed by atoms with Gasteiger partial charge in [-0.3, -0.25) is 0 Å². The minimum atomic E-state index is 0.348. The van der Waals surface area contributed by atoms with Crippen LogP contribution in [0.4, 0.5) is 5.82 Å². The summed E-state index contributed by atoms with van der Waals surface area (Å²) < 4.78 is 0. The molecule has 0 saturated carbocycles. The first-order valence-electron chi connectivity index (χ1n) is 8.91. The molecule has 3 nitrogen and oxygen atoms in total. The molecule has 1 aliphatic heterocycles. The molecular formula is C20H22ClN3S. The van der Waals surface area contributed by atoms with Crippen LogP contribution in [0.15, 0.2) is 23.6 Å². The molecule has 0 unspecified atom stereocenters. The smallest absolute Gasteiger partial charge is 0.225 e. The number of aryl methyl sites for hydroxylation is 2. The fourth-order valence-corrected chi connectivity index (χ4v) is 4.87. The molecule has 1 saturated heterocycles. The maximum atomic E-state index is 6.25. The van der Waals surface area contributed by atoms with E-state index in [1.54, 1.807) is 11.3 Å². The molecule has 25 heavy (non-hydrogen) atoms. The number of nitrogens with zero attached hydrogens (tertiary/aromatic N) is 3. The van der Waals surface area contributed by atoms with Crippen molar-refractivity contribution < 1.29 is 0 Å². The van der Waals surface area contributed by atoms with Gasteiger partial charge in [0.25, 0.3) is 0 Å². The second kappa shape index (κ2) is 6.93. The van der Waals surface area contributed by atoms with Crippen molar-refractivity contribution in [1.29, 1.82) is 0 Å². The number of rotatable bonds is 2. The summed E-state index contributed by atoms with van der Waals surface area (Å²) in [4.78, 5) is 12.5. The summed E-state index contributed by atoms with van der Waals surface area (Å²) in [6.07, 6.45) is 5.02. The second-order valence-electron chi connectivity index (χ2n) is 6.87. The van der Waals surface area contributed by atoms with Crippen molar-refractivity contribution in [3.63, 3.8) is 0 Å². The summed E-state index contributed by atoms with van der Waals surface area (Å²) >= 11 is 7.91. The molecule has 0 bridgehead atoms. The van der Waals surface area contributed by atoms with Gasteiger partial charge in [0, 0.05) is 24.0 Å². The number of fused-ring (bicyclic) bond motifs is 1. The highest BCUT2D eigenvalue weighted by molar-refractivity contribution is 7.17. The van der Waals surface area contributed by atoms with E-state index in [0.29, 0.717) is 5.28 Å². The van der Waals surface area contributed by atoms with Gasteiger partial charge in [-0.2, -0.15) is 4.98 Å². The predicted octanol–water partition coefficient (Wildman–Crippen LogP) is 6.01. The summed E-state index contributed by atoms with van der Waals surface area (Å²) in [6, 6.07) is 6.63. The minimum Gasteiger partial charge on any atom is -0.356 e. The van der Waals surface area contributed by atoms with Crippen molar-refractivity contribution in [3.8, 4) is 11.1 Å². The van der Waals surface area contributed by atoms with Gasteiger partial charge in [0.1, 0.15) is 10.6 Å². The van der Waals surface area contributed by atoms with E-state index in [1.165, 1.54) is 47.9 Å². The molecule has 2 aromatic heterocycles. The first-order valence-corrected chi connectivity index (χ1v) is 10.2. The van der Waals surface area contributed by atoms with Gasteiger partial charge in [0.15, 0.2) is 0 Å². The second-order valence-corrected chi connectivity index (χ2v) is 8.06. The zero-order chi connectivity index (χ0) is 17.4. The third-order valence-corrected chi connectivity index (χ3v) is 6.01. The zero-order valence-corrected chi connectivity index (χ0v) is 16.3. The standard InChI is InChI=1S/C20H22ClN3S/c1-13-7-8-15(14(2)11-13)16-12-25-19-17(16)18(22-20(21)23-19)24-9-5-3-4-6-10-24/h7-8,11-12H,3-6,9-10H2,1-2H3. The van der Waals surface area contributed by atoms with Crippen LogP contribution in [0.25, 0.3) is 21.3 Å². The van der Waals surface area contributed by atoms with Crippen LogP contribution in [0.3, 0.4) is 0 Å². The fourth-order valence-electron chi connectivity index (χ4n) is 3.72. The highest BCUT2D eigenvalue weighted by Gasteiger charge is 2.21. The number of hydrogen-bond donors (Lipinski definition) is 0. The summed E-state index contributed by atoms with van der Waals surface area (Å²) in [5.74, 6) is 1.01. The molecule has 4 rings (SSSR count). The molecule has 0 atom stereocenters. The van der Waals surface area contributed by atoms with Gasteiger partial charge in [0.05, 0.1) is 5.39 Å². The molecule has 0 radical (unpaired) electrons. The number of hydrogen-bond acceptors (Lipinski definition) is 4. The molecule has 1 fully saturated rings. The molecule has 5 heteroatoms. The Morgan fingerprint density at radius 2 is 1.76 bits per heavy atom. The molecule has 0 amide bonds. The Morgan fingerprint density at radius 1 is 1.00 bits per heavy atom. The lowest BCUT2D eigenvalue weighted by Crippen LogP contribution is -2.25. The summed E-state index contributed by atoms with van der Waals surface area (Å²) in [6.45, 7) is 6.40. The first kappa shape index (κ1) is 16.8. The van der Waals surface area contributed by atoms with Gasteiger partial charge >= 0.3 is 0 Å². The maximum Gasteiger partial charge on any atom is 0.225 e. The van der Waals surface area contributed by atoms with E-state index >= 15 is 0 Å². The topological polar surface area (TPSA) is 29.0 Å². The SMILES string of the molecule is Cc1ccc(-c2csc3nc(Cl)nc(N4CCCCCC4)c23)c(C)c1. The molecule has 0 aliphatic carbocycles. The Bertz CT molecular complexity index is 911. The Morgan fingerprint density at radius 3 is 2.48 bits per heavy atom. The molecule has 0 spiro atoms. The largest absolute Gasteiger partial charge is 0.356 e. The van der Waals surface area contributed by atoms with Crippen molar-refractivity contribution in [3.05, 3.63) is 40.0 Å². The van der Waals surface area contributed by atoms with Crippen LogP contribution in [0, 0.1) is 13.8 Å². The third kappa shape index (κ3) is 3.25. The van der Waals surface area contributed by atoms with E-state index in [-0.39, 0.29) is 0 Å². The normalized spacial score (nSPS) is 15.6. The van der Waals surface area contributed by atoms with E-state index in [9.17, 15) is 0 Å². The fraction of sp³-hybridized carbons (Fsp3) is 0.400. The Hall–Kier alpha value is -1.65. The van der Waals surface area contributed by atoms with Crippen LogP contribution in [0.5, 0.6) is 0 Å². The lowest BCUT2D eigenvalue weighted by atomic mass is 9.99. The van der Waals surface area contributed by atoms with Gasteiger partial charge < -0.3 is 4.90 Å². The Labute approximate surface area is 157 Å². The van der Waals surface area contributed by atoms with Crippen LogP contribution in [0.2, 0.25) is 5.28 Å². The maximum absolute atomic E-state index is 6.25. The van der Waals surface area contributed by atoms with Crippen molar-refractivity contribution in [2.24, 2.45) is 0 Å². The molecule has 130 valence electrons. The third-order valence-electron chi connectivity index (χ3n) is 4.96. The zero-order valence-electron chi connectivity index (χ0n) is 14.7. The number of benzene rings is 1. The van der Waals surface area contributed by atoms with Crippen LogP contribution in [-0.2, 0) is 0 Å². The quantitative estimate of drug-likeness (QED) is 0.516. The van der Waals surface area contributed by atoms with Gasteiger partial charge in [0.2, 0.25) is 5.28 Å². The van der Waals surface area contributed by atoms with E-state index < -0.39 is 0 Å². The van der Waals surface area contributed by atoms with E-state index in [4.69, 9.17) is 11.6 Å². The molecular weight excluding hydrogens is 350 g/mol. The van der Waals surface area contributed by atoms with E-state index in [0.717, 1.165) is 29.1 Å². The Balaban J connectivity index is 1.91. The lowest BCUT2D eigenvalue weighted by molar-refractivity contribution is 0.726. The lowest BCUT2D eigenvalue weighted by Gasteiger charge is -2.23. The highest BCUT2D eigenvalue weighted by atomic mass is 35.5. The summed E-state index contributed by atoms with van der Waals surface area (Å²) in [5, 5.41) is 3.71. The van der Waals surface area contributed by atoms with Gasteiger partial charge in [-0.25, -0.2) is 4.98 Å². The number of halogens is 1. The van der Waals surface area contributed by atoms with Crippen LogP contribution in [0.1, 0.15) is 36.8 Å². The number of thiophene rings is 1. The van der Waals surface area contributed by atoms with Crippen LogP contribution in [-0.4, -0.2) is 23.1 Å². The molecule has 1 aliphatic rings.